The number of amides is 1. The van der Waals surface area contributed by atoms with Crippen LogP contribution in [0, 0.1) is 0 Å². The Bertz CT molecular complexity index is 909. The largest absolute Gasteiger partial charge is 0.466 e. The predicted molar refractivity (Wildman–Crippen MR) is 264 cm³/mol. The van der Waals surface area contributed by atoms with E-state index in [1.54, 1.807) is 6.08 Å². The number of hydrogen-bond acceptors (Lipinski definition) is 5. The van der Waals surface area contributed by atoms with Crippen molar-refractivity contribution in [2.45, 2.75) is 315 Å². The van der Waals surface area contributed by atoms with Crippen molar-refractivity contribution < 1.29 is 24.5 Å². The Morgan fingerprint density at radius 2 is 0.754 bits per heavy atom. The van der Waals surface area contributed by atoms with E-state index in [1.165, 1.54) is 218 Å². The number of hydrogen-bond donors (Lipinski definition) is 3. The van der Waals surface area contributed by atoms with Crippen LogP contribution in [0.15, 0.2) is 12.2 Å². The van der Waals surface area contributed by atoms with Crippen molar-refractivity contribution in [2.24, 2.45) is 0 Å². The normalized spacial score (nSPS) is 12.7. The van der Waals surface area contributed by atoms with Gasteiger partial charge in [0.15, 0.2) is 0 Å². The topological polar surface area (TPSA) is 95.9 Å². The maximum atomic E-state index is 12.5. The molecule has 6 heteroatoms. The molecule has 0 aliphatic rings. The van der Waals surface area contributed by atoms with Gasteiger partial charge in [-0.15, -0.1) is 0 Å². The molecule has 0 aromatic heterocycles. The highest BCUT2D eigenvalue weighted by Gasteiger charge is 2.18. The van der Waals surface area contributed by atoms with E-state index in [2.05, 4.69) is 19.2 Å². The van der Waals surface area contributed by atoms with E-state index in [4.69, 9.17) is 4.74 Å². The number of aliphatic hydroxyl groups excluding tert-OH is 2. The zero-order chi connectivity index (χ0) is 44.4. The van der Waals surface area contributed by atoms with Crippen LogP contribution in [-0.2, 0) is 14.3 Å². The summed E-state index contributed by atoms with van der Waals surface area (Å²) in [6, 6.07) is -0.647. The molecule has 0 heterocycles. The molecular weight excluding hydrogens is 755 g/mol. The second-order valence-electron chi connectivity index (χ2n) is 18.9. The van der Waals surface area contributed by atoms with Crippen molar-refractivity contribution in [1.29, 1.82) is 0 Å². The highest BCUT2D eigenvalue weighted by molar-refractivity contribution is 5.76. The lowest BCUT2D eigenvalue weighted by Gasteiger charge is -2.20. The van der Waals surface area contributed by atoms with E-state index in [1.807, 2.05) is 6.08 Å². The highest BCUT2D eigenvalue weighted by Crippen LogP contribution is 2.17. The number of allylic oxidation sites excluding steroid dienone is 1. The van der Waals surface area contributed by atoms with Gasteiger partial charge in [-0.25, -0.2) is 0 Å². The van der Waals surface area contributed by atoms with Crippen LogP contribution in [0.2, 0.25) is 0 Å². The lowest BCUT2D eigenvalue weighted by Crippen LogP contribution is -2.45. The van der Waals surface area contributed by atoms with Gasteiger partial charge in [0, 0.05) is 12.8 Å². The summed E-state index contributed by atoms with van der Waals surface area (Å²) in [7, 11) is 0. The van der Waals surface area contributed by atoms with Gasteiger partial charge in [0.1, 0.15) is 0 Å². The van der Waals surface area contributed by atoms with Gasteiger partial charge in [0.2, 0.25) is 5.91 Å². The number of carbonyl (C=O) groups excluding carboxylic acids is 2. The van der Waals surface area contributed by atoms with Gasteiger partial charge in [-0.05, 0) is 32.1 Å². The molecule has 0 bridgehead atoms. The van der Waals surface area contributed by atoms with Crippen LogP contribution in [0.25, 0.3) is 0 Å². The molecule has 0 spiro atoms. The molecule has 362 valence electrons. The molecule has 0 fully saturated rings. The van der Waals surface area contributed by atoms with Gasteiger partial charge in [-0.1, -0.05) is 270 Å². The molecule has 0 saturated carbocycles. The van der Waals surface area contributed by atoms with Gasteiger partial charge in [-0.3, -0.25) is 9.59 Å². The lowest BCUT2D eigenvalue weighted by atomic mass is 10.0. The molecule has 0 aromatic rings. The number of ether oxygens (including phenoxy) is 1. The molecule has 0 radical (unpaired) electrons. The van der Waals surface area contributed by atoms with Crippen molar-refractivity contribution >= 4 is 11.9 Å². The minimum absolute atomic E-state index is 0.0257. The van der Waals surface area contributed by atoms with E-state index in [0.29, 0.717) is 19.4 Å². The summed E-state index contributed by atoms with van der Waals surface area (Å²) in [5.74, 6) is -0.118. The zero-order valence-corrected chi connectivity index (χ0v) is 41.2. The second kappa shape index (κ2) is 51.2. The smallest absolute Gasteiger partial charge is 0.305 e. The predicted octanol–water partition coefficient (Wildman–Crippen LogP) is 16.5. The number of nitrogens with one attached hydrogen (secondary N) is 1. The summed E-state index contributed by atoms with van der Waals surface area (Å²) in [4.78, 5) is 24.5. The van der Waals surface area contributed by atoms with Crippen LogP contribution < -0.4 is 5.32 Å². The van der Waals surface area contributed by atoms with E-state index >= 15 is 0 Å². The molecule has 3 N–H and O–H groups in total. The number of unbranched alkanes of at least 4 members (excludes halogenated alkanes) is 40. The summed E-state index contributed by atoms with van der Waals surface area (Å²) >= 11 is 0. The Morgan fingerprint density at radius 1 is 0.443 bits per heavy atom. The summed E-state index contributed by atoms with van der Waals surface area (Å²) in [6.45, 7) is 4.86. The summed E-state index contributed by atoms with van der Waals surface area (Å²) in [5.41, 5.74) is 0. The van der Waals surface area contributed by atoms with E-state index in [-0.39, 0.29) is 18.5 Å². The monoisotopic (exact) mass is 862 g/mol. The fourth-order valence-electron chi connectivity index (χ4n) is 8.58. The Morgan fingerprint density at radius 3 is 1.11 bits per heavy atom. The molecule has 0 rings (SSSR count). The molecule has 2 unspecified atom stereocenters. The average Bonchev–Trinajstić information content (AvgIpc) is 3.26. The fraction of sp³-hybridized carbons (Fsp3) is 0.927. The first-order chi connectivity index (χ1) is 30.0. The number of carbonyl (C=O) groups is 2. The third-order valence-electron chi connectivity index (χ3n) is 12.8. The van der Waals surface area contributed by atoms with Crippen LogP contribution in [-0.4, -0.2) is 47.4 Å². The summed E-state index contributed by atoms with van der Waals surface area (Å²) in [5, 5.41) is 23.1. The maximum Gasteiger partial charge on any atom is 0.305 e. The van der Waals surface area contributed by atoms with E-state index in [0.717, 1.165) is 57.8 Å². The fourth-order valence-corrected chi connectivity index (χ4v) is 8.58. The second-order valence-corrected chi connectivity index (χ2v) is 18.9. The lowest BCUT2D eigenvalue weighted by molar-refractivity contribution is -0.143. The molecule has 0 saturated heterocycles. The standard InChI is InChI=1S/C55H107NO5/c1-3-5-7-9-11-13-15-17-18-19-20-21-22-23-24-25-26-27-28-31-35-39-43-47-53(58)52(51-57)56-54(59)48-44-40-36-32-30-34-38-42-46-50-61-55(60)49-45-41-37-33-29-16-14-12-10-8-6-4-2/h43,47,52-53,57-58H,3-42,44-46,48-51H2,1-2H3,(H,56,59)/b47-43+. The third kappa shape index (κ3) is 47.9. The van der Waals surface area contributed by atoms with Crippen molar-refractivity contribution in [3.8, 4) is 0 Å². The Balaban J connectivity index is 3.51. The number of rotatable bonds is 51. The molecular formula is C55H107NO5. The van der Waals surface area contributed by atoms with Crippen molar-refractivity contribution in [1.82, 2.24) is 5.32 Å². The van der Waals surface area contributed by atoms with Crippen LogP contribution in [0.1, 0.15) is 303 Å². The van der Waals surface area contributed by atoms with E-state index in [9.17, 15) is 19.8 Å². The molecule has 6 nitrogen and oxygen atoms in total. The van der Waals surface area contributed by atoms with Gasteiger partial charge in [0.25, 0.3) is 0 Å². The molecule has 0 aliphatic carbocycles. The first-order valence-electron chi connectivity index (χ1n) is 27.5. The minimum Gasteiger partial charge on any atom is -0.466 e. The quantitative estimate of drug-likeness (QED) is 0.0322. The maximum absolute atomic E-state index is 12.5. The number of aliphatic hydroxyl groups is 2. The molecule has 2 atom stereocenters. The Labute approximate surface area is 380 Å². The minimum atomic E-state index is -0.861. The van der Waals surface area contributed by atoms with Crippen molar-refractivity contribution in [3.63, 3.8) is 0 Å². The molecule has 0 aromatic carbocycles. The first-order valence-corrected chi connectivity index (χ1v) is 27.5. The van der Waals surface area contributed by atoms with E-state index < -0.39 is 12.1 Å². The molecule has 61 heavy (non-hydrogen) atoms. The van der Waals surface area contributed by atoms with Crippen LogP contribution in [0.5, 0.6) is 0 Å². The first kappa shape index (κ1) is 59.6. The van der Waals surface area contributed by atoms with Gasteiger partial charge in [-0.2, -0.15) is 0 Å². The summed E-state index contributed by atoms with van der Waals surface area (Å²) < 4.78 is 5.44. The van der Waals surface area contributed by atoms with Crippen molar-refractivity contribution in [3.05, 3.63) is 12.2 Å². The van der Waals surface area contributed by atoms with Crippen molar-refractivity contribution in [2.75, 3.05) is 13.2 Å². The van der Waals surface area contributed by atoms with Gasteiger partial charge < -0.3 is 20.3 Å². The highest BCUT2D eigenvalue weighted by atomic mass is 16.5. The van der Waals surface area contributed by atoms with Gasteiger partial charge >= 0.3 is 5.97 Å². The summed E-state index contributed by atoms with van der Waals surface area (Å²) in [6.07, 6.45) is 59.4. The Hall–Kier alpha value is -1.40. The van der Waals surface area contributed by atoms with Crippen LogP contribution in [0.3, 0.4) is 0 Å². The average molecular weight is 862 g/mol. The molecule has 1 amide bonds. The Kier molecular flexibility index (Phi) is 50.1. The van der Waals surface area contributed by atoms with Gasteiger partial charge in [0.05, 0.1) is 25.4 Å². The SMILES string of the molecule is CCCCCCCCCCCCCCCCCCCCCCC/C=C/C(O)C(CO)NC(=O)CCCCCCCCCCCOC(=O)CCCCCCCCCCCCCC. The number of esters is 1. The van der Waals surface area contributed by atoms with Crippen LogP contribution >= 0.6 is 0 Å². The zero-order valence-electron chi connectivity index (χ0n) is 41.2. The third-order valence-corrected chi connectivity index (χ3v) is 12.8. The van der Waals surface area contributed by atoms with Crippen LogP contribution in [0.4, 0.5) is 0 Å². The molecule has 0 aliphatic heterocycles.